The lowest BCUT2D eigenvalue weighted by Gasteiger charge is -2.18. The maximum atomic E-state index is 8.30. The monoisotopic (exact) mass is 181 g/mol. The van der Waals surface area contributed by atoms with E-state index in [0.29, 0.717) is 0 Å². The molecule has 1 saturated heterocycles. The lowest BCUT2D eigenvalue weighted by molar-refractivity contribution is -0.144. The standard InChI is InChI=1S/C8H11N3O2/c1-8(2)12-6-4-3-5(10-11-9)7(6)13-8/h3-7H,1-2H3. The van der Waals surface area contributed by atoms with Crippen LogP contribution in [0, 0.1) is 0 Å². The van der Waals surface area contributed by atoms with Crippen LogP contribution in [0.2, 0.25) is 0 Å². The van der Waals surface area contributed by atoms with Crippen LogP contribution < -0.4 is 0 Å². The Morgan fingerprint density at radius 2 is 2.15 bits per heavy atom. The quantitative estimate of drug-likeness (QED) is 0.267. The number of azide groups is 1. The molecule has 0 aromatic carbocycles. The summed E-state index contributed by atoms with van der Waals surface area (Å²) < 4.78 is 11.1. The molecule has 0 spiro atoms. The molecule has 0 aromatic heterocycles. The Morgan fingerprint density at radius 1 is 1.38 bits per heavy atom. The molecule has 2 rings (SSSR count). The fourth-order valence-corrected chi connectivity index (χ4v) is 1.73. The highest BCUT2D eigenvalue weighted by Crippen LogP contribution is 2.35. The summed E-state index contributed by atoms with van der Waals surface area (Å²) in [6.07, 6.45) is 3.50. The van der Waals surface area contributed by atoms with Crippen LogP contribution in [0.4, 0.5) is 0 Å². The van der Waals surface area contributed by atoms with Gasteiger partial charge in [-0.3, -0.25) is 0 Å². The molecule has 0 radical (unpaired) electrons. The van der Waals surface area contributed by atoms with E-state index in [9.17, 15) is 0 Å². The molecular formula is C8H11N3O2. The van der Waals surface area contributed by atoms with E-state index in [0.717, 1.165) is 0 Å². The van der Waals surface area contributed by atoms with Crippen molar-refractivity contribution >= 4 is 0 Å². The third-order valence-corrected chi connectivity index (χ3v) is 2.18. The number of rotatable bonds is 1. The van der Waals surface area contributed by atoms with E-state index in [4.69, 9.17) is 15.0 Å². The van der Waals surface area contributed by atoms with E-state index in [-0.39, 0.29) is 18.2 Å². The minimum Gasteiger partial charge on any atom is -0.343 e. The van der Waals surface area contributed by atoms with Crippen molar-refractivity contribution in [3.05, 3.63) is 22.6 Å². The summed E-state index contributed by atoms with van der Waals surface area (Å²) in [5, 5.41) is 3.62. The van der Waals surface area contributed by atoms with Gasteiger partial charge in [0.25, 0.3) is 0 Å². The Labute approximate surface area is 76.0 Å². The molecule has 0 N–H and O–H groups in total. The molecule has 0 saturated carbocycles. The van der Waals surface area contributed by atoms with E-state index in [1.165, 1.54) is 0 Å². The minimum atomic E-state index is -0.566. The molecule has 5 heteroatoms. The van der Waals surface area contributed by atoms with Crippen molar-refractivity contribution in [2.45, 2.75) is 37.9 Å². The lowest BCUT2D eigenvalue weighted by atomic mass is 10.2. The van der Waals surface area contributed by atoms with Crippen molar-refractivity contribution in [1.82, 2.24) is 0 Å². The second-order valence-corrected chi connectivity index (χ2v) is 3.65. The van der Waals surface area contributed by atoms with E-state index in [1.54, 1.807) is 0 Å². The van der Waals surface area contributed by atoms with Gasteiger partial charge in [0.05, 0.1) is 6.04 Å². The Balaban J connectivity index is 2.16. The molecule has 0 bridgehead atoms. The van der Waals surface area contributed by atoms with Crippen molar-refractivity contribution in [1.29, 1.82) is 0 Å². The predicted octanol–water partition coefficient (Wildman–Crippen LogP) is 1.76. The van der Waals surface area contributed by atoms with Crippen LogP contribution in [-0.4, -0.2) is 24.0 Å². The molecule has 2 aliphatic rings. The van der Waals surface area contributed by atoms with Crippen molar-refractivity contribution < 1.29 is 9.47 Å². The highest BCUT2D eigenvalue weighted by Gasteiger charge is 2.45. The van der Waals surface area contributed by atoms with Crippen molar-refractivity contribution in [3.63, 3.8) is 0 Å². The largest absolute Gasteiger partial charge is 0.343 e. The average Bonchev–Trinajstić information content (AvgIpc) is 2.48. The van der Waals surface area contributed by atoms with E-state index >= 15 is 0 Å². The van der Waals surface area contributed by atoms with Gasteiger partial charge in [0, 0.05) is 4.91 Å². The third-order valence-electron chi connectivity index (χ3n) is 2.18. The number of ether oxygens (including phenoxy) is 2. The average molecular weight is 181 g/mol. The Morgan fingerprint density at radius 3 is 2.85 bits per heavy atom. The second kappa shape index (κ2) is 2.73. The summed E-state index contributed by atoms with van der Waals surface area (Å²) in [5.41, 5.74) is 8.30. The summed E-state index contributed by atoms with van der Waals surface area (Å²) in [6, 6.07) is -0.225. The molecule has 1 aliphatic carbocycles. The molecule has 3 atom stereocenters. The molecule has 1 aliphatic heterocycles. The van der Waals surface area contributed by atoms with Crippen LogP contribution >= 0.6 is 0 Å². The number of hydrogen-bond donors (Lipinski definition) is 0. The van der Waals surface area contributed by atoms with Crippen LogP contribution in [0.3, 0.4) is 0 Å². The highest BCUT2D eigenvalue weighted by atomic mass is 16.8. The van der Waals surface area contributed by atoms with Crippen LogP contribution in [-0.2, 0) is 9.47 Å². The molecule has 0 aromatic rings. The third kappa shape index (κ3) is 1.42. The zero-order valence-electron chi connectivity index (χ0n) is 7.54. The smallest absolute Gasteiger partial charge is 0.164 e. The summed E-state index contributed by atoms with van der Waals surface area (Å²) in [6.45, 7) is 3.71. The Bertz CT molecular complexity index is 294. The van der Waals surface area contributed by atoms with Gasteiger partial charge in [-0.1, -0.05) is 17.3 Å². The van der Waals surface area contributed by atoms with E-state index < -0.39 is 5.79 Å². The predicted molar refractivity (Wildman–Crippen MR) is 45.9 cm³/mol. The minimum absolute atomic E-state index is 0.0644. The van der Waals surface area contributed by atoms with Crippen molar-refractivity contribution in [2.75, 3.05) is 0 Å². The first-order valence-corrected chi connectivity index (χ1v) is 4.20. The van der Waals surface area contributed by atoms with Gasteiger partial charge in [0.2, 0.25) is 0 Å². The van der Waals surface area contributed by atoms with Crippen LogP contribution in [0.25, 0.3) is 10.4 Å². The van der Waals surface area contributed by atoms with Crippen LogP contribution in [0.5, 0.6) is 0 Å². The molecule has 5 nitrogen and oxygen atoms in total. The van der Waals surface area contributed by atoms with Gasteiger partial charge in [-0.15, -0.1) is 0 Å². The highest BCUT2D eigenvalue weighted by molar-refractivity contribution is 5.16. The molecule has 0 amide bonds. The Kier molecular flexibility index (Phi) is 1.80. The van der Waals surface area contributed by atoms with Gasteiger partial charge in [-0.25, -0.2) is 0 Å². The molecule has 1 fully saturated rings. The summed E-state index contributed by atoms with van der Waals surface area (Å²) in [5.74, 6) is -0.566. The van der Waals surface area contributed by atoms with Gasteiger partial charge >= 0.3 is 0 Å². The summed E-state index contributed by atoms with van der Waals surface area (Å²) in [4.78, 5) is 2.76. The molecule has 13 heavy (non-hydrogen) atoms. The second-order valence-electron chi connectivity index (χ2n) is 3.65. The first-order valence-electron chi connectivity index (χ1n) is 4.20. The van der Waals surface area contributed by atoms with Crippen LogP contribution in [0.15, 0.2) is 17.3 Å². The first-order chi connectivity index (χ1) is 6.12. The Hall–Kier alpha value is -1.03. The molecular weight excluding hydrogens is 170 g/mol. The van der Waals surface area contributed by atoms with E-state index in [1.807, 2.05) is 26.0 Å². The first kappa shape index (κ1) is 8.56. The fourth-order valence-electron chi connectivity index (χ4n) is 1.73. The zero-order chi connectivity index (χ0) is 9.47. The number of fused-ring (bicyclic) bond motifs is 1. The summed E-state index contributed by atoms with van der Waals surface area (Å²) in [7, 11) is 0. The number of nitrogens with zero attached hydrogens (tertiary/aromatic N) is 3. The molecule has 70 valence electrons. The SMILES string of the molecule is CC1(C)OC2C=CC(N=[N+]=[N-])C2O1. The molecule has 3 unspecified atom stereocenters. The fraction of sp³-hybridized carbons (Fsp3) is 0.750. The summed E-state index contributed by atoms with van der Waals surface area (Å²) >= 11 is 0. The maximum Gasteiger partial charge on any atom is 0.164 e. The lowest BCUT2D eigenvalue weighted by Crippen LogP contribution is -2.27. The van der Waals surface area contributed by atoms with E-state index in [2.05, 4.69) is 10.0 Å². The normalized spacial score (nSPS) is 40.0. The molecule has 1 heterocycles. The van der Waals surface area contributed by atoms with Crippen molar-refractivity contribution in [3.8, 4) is 0 Å². The van der Waals surface area contributed by atoms with Crippen molar-refractivity contribution in [2.24, 2.45) is 5.11 Å². The van der Waals surface area contributed by atoms with Gasteiger partial charge in [0.1, 0.15) is 12.2 Å². The maximum absolute atomic E-state index is 8.30. The van der Waals surface area contributed by atoms with Gasteiger partial charge < -0.3 is 9.47 Å². The number of hydrogen-bond acceptors (Lipinski definition) is 3. The van der Waals surface area contributed by atoms with Gasteiger partial charge in [-0.05, 0) is 19.4 Å². The zero-order valence-corrected chi connectivity index (χ0v) is 7.54. The topological polar surface area (TPSA) is 67.2 Å². The van der Waals surface area contributed by atoms with Gasteiger partial charge in [-0.2, -0.15) is 0 Å². The van der Waals surface area contributed by atoms with Crippen LogP contribution in [0.1, 0.15) is 13.8 Å². The van der Waals surface area contributed by atoms with Gasteiger partial charge in [0.15, 0.2) is 5.79 Å².